The van der Waals surface area contributed by atoms with Crippen LogP contribution in [0.1, 0.15) is 39.6 Å². The maximum Gasteiger partial charge on any atom is 0.390 e. The monoisotopic (exact) mass is 513 g/mol. The Morgan fingerprint density at radius 3 is 2.57 bits per heavy atom. The van der Waals surface area contributed by atoms with Crippen LogP contribution in [0.15, 0.2) is 60.9 Å². The predicted molar refractivity (Wildman–Crippen MR) is 133 cm³/mol. The molecule has 0 saturated carbocycles. The molecule has 1 atom stereocenters. The first-order valence-electron chi connectivity index (χ1n) is 11.4. The van der Waals surface area contributed by atoms with Crippen molar-refractivity contribution in [3.05, 3.63) is 83.2 Å². The summed E-state index contributed by atoms with van der Waals surface area (Å²) in [7, 11) is 2.80. The summed E-state index contributed by atoms with van der Waals surface area (Å²) >= 11 is 0. The minimum atomic E-state index is -4.32. The summed E-state index contributed by atoms with van der Waals surface area (Å²) in [5.41, 5.74) is 4.08. The molecule has 4 aromatic rings. The van der Waals surface area contributed by atoms with Crippen molar-refractivity contribution in [2.75, 3.05) is 26.1 Å². The number of ether oxygens (including phenoxy) is 2. The van der Waals surface area contributed by atoms with Gasteiger partial charge in [0.05, 0.1) is 37.4 Å². The number of aromatic nitrogens is 2. The van der Waals surface area contributed by atoms with Crippen molar-refractivity contribution < 1.29 is 32.5 Å². The second-order valence-corrected chi connectivity index (χ2v) is 8.48. The first-order valence-corrected chi connectivity index (χ1v) is 11.4. The van der Waals surface area contributed by atoms with Crippen LogP contribution < -0.4 is 10.1 Å². The number of nitrogens with zero attached hydrogens (tertiary/aromatic N) is 2. The number of hydrogen-bond acceptors (Lipinski definition) is 6. The number of aliphatic hydroxyl groups excluding tert-OH is 1. The Morgan fingerprint density at radius 2 is 1.89 bits per heavy atom. The third-order valence-corrected chi connectivity index (χ3v) is 6.04. The number of esters is 1. The first-order chi connectivity index (χ1) is 17.6. The molecule has 194 valence electrons. The molecule has 0 aliphatic heterocycles. The van der Waals surface area contributed by atoms with Gasteiger partial charge >= 0.3 is 12.1 Å². The first kappa shape index (κ1) is 26.0. The van der Waals surface area contributed by atoms with Gasteiger partial charge in [0.25, 0.3) is 0 Å². The number of alkyl halides is 3. The van der Waals surface area contributed by atoms with Crippen LogP contribution in [0.3, 0.4) is 0 Å². The van der Waals surface area contributed by atoms with Crippen LogP contribution in [0.4, 0.5) is 18.9 Å². The quantitative estimate of drug-likeness (QED) is 0.300. The third-order valence-electron chi connectivity index (χ3n) is 6.04. The number of hydrogen-bond donors (Lipinski definition) is 2. The van der Waals surface area contributed by atoms with Gasteiger partial charge in [0, 0.05) is 17.8 Å². The van der Waals surface area contributed by atoms with Crippen molar-refractivity contribution in [3.63, 3.8) is 0 Å². The highest BCUT2D eigenvalue weighted by Crippen LogP contribution is 2.35. The molecule has 1 aromatic heterocycles. The predicted octanol–water partition coefficient (Wildman–Crippen LogP) is 5.58. The number of aryl methyl sites for hydroxylation is 1. The Bertz CT molecular complexity index is 1430. The number of anilines is 1. The summed E-state index contributed by atoms with van der Waals surface area (Å²) in [6.07, 6.45) is -4.91. The molecular weight excluding hydrogens is 487 g/mol. The molecule has 1 heterocycles. The number of para-hydroxylation sites is 1. The lowest BCUT2D eigenvalue weighted by Gasteiger charge is -2.18. The van der Waals surface area contributed by atoms with E-state index >= 15 is 0 Å². The van der Waals surface area contributed by atoms with E-state index in [1.54, 1.807) is 72.4 Å². The van der Waals surface area contributed by atoms with Gasteiger partial charge in [-0.3, -0.25) is 4.57 Å². The minimum absolute atomic E-state index is 0.354. The normalized spacial score (nSPS) is 12.4. The maximum absolute atomic E-state index is 12.8. The fraction of sp³-hybridized carbons (Fsp3) is 0.259. The number of nitrogens with one attached hydrogen (secondary N) is 1. The smallest absolute Gasteiger partial charge is 0.390 e. The van der Waals surface area contributed by atoms with Crippen molar-refractivity contribution >= 4 is 22.7 Å². The number of carbonyl (C=O) groups is 1. The average molecular weight is 514 g/mol. The number of benzene rings is 3. The zero-order valence-electron chi connectivity index (χ0n) is 20.5. The SMILES string of the molecule is COC(=O)c1ccc(-n2cnc3c(NCCC(F)(F)F)cc(C(O)c4ccccc4OC)cc32)cc1C. The van der Waals surface area contributed by atoms with Gasteiger partial charge in [-0.15, -0.1) is 0 Å². The summed E-state index contributed by atoms with van der Waals surface area (Å²) in [5.74, 6) is 0.0158. The van der Waals surface area contributed by atoms with Crippen molar-refractivity contribution in [3.8, 4) is 11.4 Å². The molecule has 37 heavy (non-hydrogen) atoms. The van der Waals surface area contributed by atoms with E-state index < -0.39 is 24.7 Å². The fourth-order valence-electron chi connectivity index (χ4n) is 4.18. The molecule has 1 unspecified atom stereocenters. The van der Waals surface area contributed by atoms with Crippen LogP contribution in [-0.4, -0.2) is 47.6 Å². The zero-order valence-corrected chi connectivity index (χ0v) is 20.5. The number of rotatable bonds is 8. The Labute approximate surface area is 211 Å². The lowest BCUT2D eigenvalue weighted by molar-refractivity contribution is -0.131. The molecule has 2 N–H and O–H groups in total. The molecule has 4 rings (SSSR count). The molecule has 0 fully saturated rings. The van der Waals surface area contributed by atoms with Crippen molar-refractivity contribution in [2.45, 2.75) is 25.6 Å². The van der Waals surface area contributed by atoms with E-state index in [-0.39, 0.29) is 6.54 Å². The number of imidazole rings is 1. The highest BCUT2D eigenvalue weighted by molar-refractivity contribution is 5.92. The lowest BCUT2D eigenvalue weighted by atomic mass is 9.99. The molecule has 10 heteroatoms. The van der Waals surface area contributed by atoms with Gasteiger partial charge in [-0.05, 0) is 54.4 Å². The van der Waals surface area contributed by atoms with E-state index in [0.717, 1.165) is 0 Å². The second-order valence-electron chi connectivity index (χ2n) is 8.48. The van der Waals surface area contributed by atoms with Crippen LogP contribution >= 0.6 is 0 Å². The number of carbonyl (C=O) groups excluding carboxylic acids is 1. The molecule has 0 aliphatic carbocycles. The van der Waals surface area contributed by atoms with E-state index in [2.05, 4.69) is 10.3 Å². The average Bonchev–Trinajstić information content (AvgIpc) is 3.31. The lowest BCUT2D eigenvalue weighted by Crippen LogP contribution is -2.15. The van der Waals surface area contributed by atoms with Gasteiger partial charge in [-0.2, -0.15) is 13.2 Å². The topological polar surface area (TPSA) is 85.6 Å². The number of fused-ring (bicyclic) bond motifs is 1. The van der Waals surface area contributed by atoms with Crippen molar-refractivity contribution in [1.29, 1.82) is 0 Å². The van der Waals surface area contributed by atoms with E-state index in [1.807, 2.05) is 0 Å². The van der Waals surface area contributed by atoms with E-state index in [1.165, 1.54) is 14.2 Å². The van der Waals surface area contributed by atoms with E-state index in [9.17, 15) is 23.1 Å². The molecule has 3 aromatic carbocycles. The molecule has 0 aliphatic rings. The molecule has 7 nitrogen and oxygen atoms in total. The third kappa shape index (κ3) is 5.54. The number of aliphatic hydroxyl groups is 1. The molecule has 0 saturated heterocycles. The van der Waals surface area contributed by atoms with Gasteiger partial charge in [-0.1, -0.05) is 18.2 Å². The van der Waals surface area contributed by atoms with Crippen LogP contribution in [0.2, 0.25) is 0 Å². The van der Waals surface area contributed by atoms with Crippen molar-refractivity contribution in [2.24, 2.45) is 0 Å². The van der Waals surface area contributed by atoms with Gasteiger partial charge < -0.3 is 19.9 Å². The highest BCUT2D eigenvalue weighted by Gasteiger charge is 2.27. The Hall–Kier alpha value is -4.05. The van der Waals surface area contributed by atoms with E-state index in [4.69, 9.17) is 9.47 Å². The fourth-order valence-corrected chi connectivity index (χ4v) is 4.18. The largest absolute Gasteiger partial charge is 0.496 e. The van der Waals surface area contributed by atoms with Crippen LogP contribution in [-0.2, 0) is 4.74 Å². The van der Waals surface area contributed by atoms with Crippen LogP contribution in [0.5, 0.6) is 5.75 Å². The van der Waals surface area contributed by atoms with Crippen LogP contribution in [0, 0.1) is 6.92 Å². The van der Waals surface area contributed by atoms with Crippen molar-refractivity contribution in [1.82, 2.24) is 9.55 Å². The molecule has 0 radical (unpaired) electrons. The number of halogens is 3. The van der Waals surface area contributed by atoms with Gasteiger partial charge in [0.15, 0.2) is 0 Å². The Morgan fingerprint density at radius 1 is 1.14 bits per heavy atom. The Balaban J connectivity index is 1.83. The Kier molecular flexibility index (Phi) is 7.40. The number of methoxy groups -OCH3 is 2. The maximum atomic E-state index is 12.8. The van der Waals surface area contributed by atoms with E-state index in [0.29, 0.717) is 50.4 Å². The molecule has 0 bridgehead atoms. The standard InChI is InChI=1S/C27H26F3N3O4/c1-16-12-18(8-9-19(16)26(35)37-3)33-15-32-24-21(31-11-10-27(28,29)30)13-17(14-22(24)33)25(34)20-6-4-5-7-23(20)36-2/h4-9,12-15,25,31,34H,10-11H2,1-3H3. The molecule has 0 spiro atoms. The summed E-state index contributed by atoms with van der Waals surface area (Å²) in [6.45, 7) is 1.42. The minimum Gasteiger partial charge on any atom is -0.496 e. The summed E-state index contributed by atoms with van der Waals surface area (Å²) in [4.78, 5) is 16.4. The highest BCUT2D eigenvalue weighted by atomic mass is 19.4. The summed E-state index contributed by atoms with van der Waals surface area (Å²) < 4.78 is 50.4. The molecule has 0 amide bonds. The summed E-state index contributed by atoms with van der Waals surface area (Å²) in [5, 5.41) is 14.1. The molecular formula is C27H26F3N3O4. The van der Waals surface area contributed by atoms with Gasteiger partial charge in [0.2, 0.25) is 0 Å². The second kappa shape index (κ2) is 10.5. The van der Waals surface area contributed by atoms with Gasteiger partial charge in [0.1, 0.15) is 23.7 Å². The van der Waals surface area contributed by atoms with Crippen LogP contribution in [0.25, 0.3) is 16.7 Å². The zero-order chi connectivity index (χ0) is 26.7. The van der Waals surface area contributed by atoms with Gasteiger partial charge in [-0.25, -0.2) is 9.78 Å². The summed E-state index contributed by atoms with van der Waals surface area (Å²) in [6, 6.07) is 15.4.